The molecule has 1 aromatic carbocycles. The molecule has 0 aliphatic heterocycles. The van der Waals surface area contributed by atoms with E-state index in [1.807, 2.05) is 18.2 Å². The SMILES string of the molecule is CCCCOc1ccccc1-c1c(C#N)c(N)nc(OC)c1C#N. The van der Waals surface area contributed by atoms with Crippen molar-refractivity contribution in [3.63, 3.8) is 0 Å². The minimum absolute atomic E-state index is 0.0201. The number of nitrogen functional groups attached to an aromatic ring is 1. The molecule has 1 heterocycles. The highest BCUT2D eigenvalue weighted by Gasteiger charge is 2.22. The predicted molar refractivity (Wildman–Crippen MR) is 90.5 cm³/mol. The zero-order valence-electron chi connectivity index (χ0n) is 13.7. The Bertz CT molecular complexity index is 819. The van der Waals surface area contributed by atoms with Crippen molar-refractivity contribution in [2.24, 2.45) is 0 Å². The van der Waals surface area contributed by atoms with Crippen LogP contribution in [0.1, 0.15) is 30.9 Å². The number of anilines is 1. The normalized spacial score (nSPS) is 9.83. The number of rotatable bonds is 6. The summed E-state index contributed by atoms with van der Waals surface area (Å²) in [6, 6.07) is 11.3. The summed E-state index contributed by atoms with van der Waals surface area (Å²) in [5, 5.41) is 19.0. The van der Waals surface area contributed by atoms with E-state index in [-0.39, 0.29) is 22.8 Å². The van der Waals surface area contributed by atoms with Crippen LogP contribution in [0, 0.1) is 22.7 Å². The summed E-state index contributed by atoms with van der Waals surface area (Å²) in [7, 11) is 1.40. The van der Waals surface area contributed by atoms with Gasteiger partial charge >= 0.3 is 0 Å². The van der Waals surface area contributed by atoms with Gasteiger partial charge in [0.25, 0.3) is 0 Å². The highest BCUT2D eigenvalue weighted by atomic mass is 16.5. The first kappa shape index (κ1) is 17.1. The number of pyridine rings is 1. The molecule has 2 N–H and O–H groups in total. The van der Waals surface area contributed by atoms with Gasteiger partial charge in [-0.3, -0.25) is 0 Å². The van der Waals surface area contributed by atoms with Gasteiger partial charge in [0.05, 0.1) is 13.7 Å². The van der Waals surface area contributed by atoms with Gasteiger partial charge in [-0.25, -0.2) is 0 Å². The zero-order valence-corrected chi connectivity index (χ0v) is 13.7. The van der Waals surface area contributed by atoms with E-state index in [1.54, 1.807) is 12.1 Å². The summed E-state index contributed by atoms with van der Waals surface area (Å²) in [4.78, 5) is 3.99. The Morgan fingerprint density at radius 3 is 2.50 bits per heavy atom. The lowest BCUT2D eigenvalue weighted by atomic mass is 9.95. The fourth-order valence-corrected chi connectivity index (χ4v) is 2.34. The number of hydrogen-bond donors (Lipinski definition) is 1. The molecule has 0 aliphatic rings. The topological polar surface area (TPSA) is 105 Å². The molecular formula is C18H18N4O2. The number of hydrogen-bond acceptors (Lipinski definition) is 6. The first-order valence-electron chi connectivity index (χ1n) is 7.57. The molecule has 0 saturated carbocycles. The van der Waals surface area contributed by atoms with Crippen molar-refractivity contribution < 1.29 is 9.47 Å². The van der Waals surface area contributed by atoms with Crippen LogP contribution >= 0.6 is 0 Å². The first-order chi connectivity index (χ1) is 11.7. The Morgan fingerprint density at radius 2 is 1.88 bits per heavy atom. The van der Waals surface area contributed by atoms with Crippen molar-refractivity contribution in [1.82, 2.24) is 4.98 Å². The molecule has 0 aliphatic carbocycles. The van der Waals surface area contributed by atoms with E-state index in [0.29, 0.717) is 23.5 Å². The zero-order chi connectivity index (χ0) is 17.5. The second kappa shape index (κ2) is 7.85. The molecule has 0 radical (unpaired) electrons. The molecule has 2 rings (SSSR count). The largest absolute Gasteiger partial charge is 0.493 e. The third-order valence-corrected chi connectivity index (χ3v) is 3.52. The summed E-state index contributed by atoms with van der Waals surface area (Å²) in [6.07, 6.45) is 1.91. The Balaban J connectivity index is 2.71. The third kappa shape index (κ3) is 3.23. The van der Waals surface area contributed by atoms with Crippen molar-refractivity contribution in [2.45, 2.75) is 19.8 Å². The summed E-state index contributed by atoms with van der Waals surface area (Å²) in [6.45, 7) is 2.63. The Kier molecular flexibility index (Phi) is 5.59. The van der Waals surface area contributed by atoms with Crippen molar-refractivity contribution in [1.29, 1.82) is 10.5 Å². The second-order valence-electron chi connectivity index (χ2n) is 5.05. The van der Waals surface area contributed by atoms with Crippen LogP contribution in [0.15, 0.2) is 24.3 Å². The van der Waals surface area contributed by atoms with Gasteiger partial charge in [-0.1, -0.05) is 31.5 Å². The molecule has 0 unspecified atom stereocenters. The van der Waals surface area contributed by atoms with Gasteiger partial charge in [0.15, 0.2) is 0 Å². The lowest BCUT2D eigenvalue weighted by molar-refractivity contribution is 0.310. The van der Waals surface area contributed by atoms with Gasteiger partial charge in [0.2, 0.25) is 5.88 Å². The number of para-hydroxylation sites is 1. The lowest BCUT2D eigenvalue weighted by Crippen LogP contribution is -2.05. The fourth-order valence-electron chi connectivity index (χ4n) is 2.34. The Labute approximate surface area is 141 Å². The van der Waals surface area contributed by atoms with E-state index >= 15 is 0 Å². The van der Waals surface area contributed by atoms with Gasteiger partial charge in [-0.05, 0) is 12.5 Å². The Hall–Kier alpha value is -3.25. The van der Waals surface area contributed by atoms with E-state index in [4.69, 9.17) is 15.2 Å². The number of methoxy groups -OCH3 is 1. The van der Waals surface area contributed by atoms with Crippen LogP contribution < -0.4 is 15.2 Å². The average molecular weight is 322 g/mol. The number of nitriles is 2. The molecule has 0 atom stereocenters. The molecule has 6 heteroatoms. The maximum absolute atomic E-state index is 9.55. The summed E-state index contributed by atoms with van der Waals surface area (Å²) >= 11 is 0. The van der Waals surface area contributed by atoms with E-state index in [9.17, 15) is 10.5 Å². The Morgan fingerprint density at radius 1 is 1.17 bits per heavy atom. The molecule has 6 nitrogen and oxygen atoms in total. The molecule has 24 heavy (non-hydrogen) atoms. The van der Waals surface area contributed by atoms with Crippen LogP contribution in [0.3, 0.4) is 0 Å². The quantitative estimate of drug-likeness (QED) is 0.818. The summed E-state index contributed by atoms with van der Waals surface area (Å²) in [5.41, 5.74) is 7.18. The standard InChI is InChI=1S/C18H18N4O2/c1-3-4-9-24-15-8-6-5-7-12(15)16-13(10-19)17(21)22-18(23-2)14(16)11-20/h5-8H,3-4,9H2,1-2H3,(H2,21,22). The molecule has 122 valence electrons. The van der Waals surface area contributed by atoms with Crippen molar-refractivity contribution in [2.75, 3.05) is 19.5 Å². The number of ether oxygens (including phenoxy) is 2. The molecule has 0 fully saturated rings. The molecule has 0 saturated heterocycles. The van der Waals surface area contributed by atoms with E-state index < -0.39 is 0 Å². The predicted octanol–water partition coefficient (Wildman–Crippen LogP) is 3.26. The fraction of sp³-hybridized carbons (Fsp3) is 0.278. The van der Waals surface area contributed by atoms with Gasteiger partial charge in [0.1, 0.15) is 34.8 Å². The molecule has 2 aromatic rings. The molecule has 0 bridgehead atoms. The molecule has 1 aromatic heterocycles. The average Bonchev–Trinajstić information content (AvgIpc) is 2.61. The van der Waals surface area contributed by atoms with Gasteiger partial charge in [-0.15, -0.1) is 0 Å². The van der Waals surface area contributed by atoms with Crippen LogP contribution in [0.25, 0.3) is 11.1 Å². The monoisotopic (exact) mass is 322 g/mol. The van der Waals surface area contributed by atoms with Gasteiger partial charge in [-0.2, -0.15) is 15.5 Å². The van der Waals surface area contributed by atoms with E-state index in [2.05, 4.69) is 18.0 Å². The van der Waals surface area contributed by atoms with Crippen molar-refractivity contribution >= 4 is 5.82 Å². The summed E-state index contributed by atoms with van der Waals surface area (Å²) in [5.74, 6) is 0.700. The number of benzene rings is 1. The number of aromatic nitrogens is 1. The maximum atomic E-state index is 9.55. The van der Waals surface area contributed by atoms with Crippen LogP contribution in [0.5, 0.6) is 11.6 Å². The number of nitrogens with zero attached hydrogens (tertiary/aromatic N) is 3. The second-order valence-corrected chi connectivity index (χ2v) is 5.05. The highest BCUT2D eigenvalue weighted by molar-refractivity contribution is 5.85. The smallest absolute Gasteiger partial charge is 0.234 e. The van der Waals surface area contributed by atoms with Crippen LogP contribution in [0.2, 0.25) is 0 Å². The third-order valence-electron chi connectivity index (χ3n) is 3.52. The maximum Gasteiger partial charge on any atom is 0.234 e. The molecular weight excluding hydrogens is 304 g/mol. The number of nitrogens with two attached hydrogens (primary N) is 1. The molecule has 0 amide bonds. The van der Waals surface area contributed by atoms with Crippen LogP contribution in [-0.4, -0.2) is 18.7 Å². The minimum Gasteiger partial charge on any atom is -0.493 e. The lowest BCUT2D eigenvalue weighted by Gasteiger charge is -2.15. The van der Waals surface area contributed by atoms with Crippen molar-refractivity contribution in [3.8, 4) is 34.9 Å². The highest BCUT2D eigenvalue weighted by Crippen LogP contribution is 2.39. The van der Waals surface area contributed by atoms with Gasteiger partial charge < -0.3 is 15.2 Å². The van der Waals surface area contributed by atoms with Crippen LogP contribution in [0.4, 0.5) is 5.82 Å². The van der Waals surface area contributed by atoms with Crippen molar-refractivity contribution in [3.05, 3.63) is 35.4 Å². The number of unbranched alkanes of at least 4 members (excludes halogenated alkanes) is 1. The van der Waals surface area contributed by atoms with E-state index in [1.165, 1.54) is 7.11 Å². The minimum atomic E-state index is 0.0201. The van der Waals surface area contributed by atoms with E-state index in [0.717, 1.165) is 12.8 Å². The first-order valence-corrected chi connectivity index (χ1v) is 7.57. The van der Waals surface area contributed by atoms with Gasteiger partial charge in [0, 0.05) is 11.1 Å². The summed E-state index contributed by atoms with van der Waals surface area (Å²) < 4.78 is 11.0. The van der Waals surface area contributed by atoms with Crippen LogP contribution in [-0.2, 0) is 0 Å². The molecule has 0 spiro atoms.